The standard InChI is InChI=1S/C33H36N4O6S/c1-5-24-10-8-11-27(20-24)26-17-15-25(16-18-26)21-36(44(41,42)30-14-6-7-19-34-30)22-28-12-9-13-29(35-28)37(23-31(38)39)32(40)43-33(2,3)4/h6-20H,5,21-23H2,1-4H3,(H,38,39). The van der Waals surface area contributed by atoms with E-state index in [1.807, 2.05) is 36.4 Å². The van der Waals surface area contributed by atoms with Crippen molar-refractivity contribution in [1.29, 1.82) is 0 Å². The lowest BCUT2D eigenvalue weighted by Crippen LogP contribution is -2.40. The summed E-state index contributed by atoms with van der Waals surface area (Å²) in [6, 6.07) is 25.3. The number of benzene rings is 2. The zero-order chi connectivity index (χ0) is 31.9. The van der Waals surface area contributed by atoms with E-state index in [1.165, 1.54) is 28.2 Å². The molecule has 10 nitrogen and oxygen atoms in total. The minimum absolute atomic E-state index is 0.0189. The molecule has 0 fully saturated rings. The van der Waals surface area contributed by atoms with Crippen molar-refractivity contribution in [3.63, 3.8) is 0 Å². The number of rotatable bonds is 11. The van der Waals surface area contributed by atoms with Crippen molar-refractivity contribution >= 4 is 27.9 Å². The molecule has 0 aliphatic rings. The maximum Gasteiger partial charge on any atom is 0.416 e. The van der Waals surface area contributed by atoms with E-state index in [1.54, 1.807) is 45.0 Å². The first kappa shape index (κ1) is 32.3. The van der Waals surface area contributed by atoms with Crippen LogP contribution in [0.2, 0.25) is 0 Å². The Labute approximate surface area is 258 Å². The van der Waals surface area contributed by atoms with E-state index in [-0.39, 0.29) is 23.9 Å². The van der Waals surface area contributed by atoms with E-state index < -0.39 is 34.2 Å². The Morgan fingerprint density at radius 2 is 1.59 bits per heavy atom. The largest absolute Gasteiger partial charge is 0.480 e. The number of ether oxygens (including phenoxy) is 1. The van der Waals surface area contributed by atoms with Crippen LogP contribution in [0.25, 0.3) is 11.1 Å². The molecule has 1 N–H and O–H groups in total. The van der Waals surface area contributed by atoms with Crippen LogP contribution in [0.1, 0.15) is 44.5 Å². The molecule has 0 saturated heterocycles. The van der Waals surface area contributed by atoms with E-state index in [4.69, 9.17) is 4.74 Å². The minimum Gasteiger partial charge on any atom is -0.480 e. The molecule has 2 aromatic carbocycles. The number of hydrogen-bond donors (Lipinski definition) is 1. The summed E-state index contributed by atoms with van der Waals surface area (Å²) in [5, 5.41) is 9.33. The summed E-state index contributed by atoms with van der Waals surface area (Å²) in [6.07, 6.45) is 1.45. The second kappa shape index (κ2) is 13.8. The summed E-state index contributed by atoms with van der Waals surface area (Å²) in [6.45, 7) is 6.28. The van der Waals surface area contributed by atoms with Gasteiger partial charge in [-0.2, -0.15) is 4.31 Å². The van der Waals surface area contributed by atoms with Crippen molar-refractivity contribution in [3.05, 3.63) is 108 Å². The van der Waals surface area contributed by atoms with Gasteiger partial charge >= 0.3 is 12.1 Å². The predicted molar refractivity (Wildman–Crippen MR) is 167 cm³/mol. The highest BCUT2D eigenvalue weighted by Gasteiger charge is 2.29. The second-order valence-corrected chi connectivity index (χ2v) is 13.0. The van der Waals surface area contributed by atoms with Crippen molar-refractivity contribution in [2.75, 3.05) is 11.4 Å². The molecule has 4 aromatic rings. The number of carbonyl (C=O) groups is 2. The summed E-state index contributed by atoms with van der Waals surface area (Å²) in [4.78, 5) is 33.9. The fraction of sp³-hybridized carbons (Fsp3) is 0.273. The zero-order valence-corrected chi connectivity index (χ0v) is 26.0. The number of carbonyl (C=O) groups excluding carboxylic acids is 1. The molecule has 0 saturated carbocycles. The van der Waals surface area contributed by atoms with E-state index in [0.29, 0.717) is 5.69 Å². The third-order valence-electron chi connectivity index (χ3n) is 6.54. The van der Waals surface area contributed by atoms with Gasteiger partial charge in [0, 0.05) is 12.7 Å². The fourth-order valence-electron chi connectivity index (χ4n) is 4.41. The molecular weight excluding hydrogens is 580 g/mol. The maximum absolute atomic E-state index is 13.8. The predicted octanol–water partition coefficient (Wildman–Crippen LogP) is 5.92. The second-order valence-electron chi connectivity index (χ2n) is 11.1. The fourth-order valence-corrected chi connectivity index (χ4v) is 5.74. The first-order chi connectivity index (χ1) is 20.9. The van der Waals surface area contributed by atoms with Crippen LogP contribution in [0, 0.1) is 0 Å². The van der Waals surface area contributed by atoms with E-state index in [0.717, 1.165) is 28.0 Å². The third kappa shape index (κ3) is 8.48. The molecular formula is C33H36N4O6S. The highest BCUT2D eigenvalue weighted by Crippen LogP contribution is 2.25. The zero-order valence-electron chi connectivity index (χ0n) is 25.2. The van der Waals surface area contributed by atoms with Gasteiger partial charge in [0.25, 0.3) is 10.0 Å². The normalized spacial score (nSPS) is 11.8. The molecule has 44 heavy (non-hydrogen) atoms. The monoisotopic (exact) mass is 616 g/mol. The van der Waals surface area contributed by atoms with Gasteiger partial charge in [-0.05, 0) is 73.7 Å². The molecule has 11 heteroatoms. The first-order valence-electron chi connectivity index (χ1n) is 14.1. The lowest BCUT2D eigenvalue weighted by molar-refractivity contribution is -0.135. The van der Waals surface area contributed by atoms with Crippen molar-refractivity contribution < 1.29 is 27.9 Å². The maximum atomic E-state index is 13.8. The van der Waals surface area contributed by atoms with Gasteiger partial charge in [0.05, 0.1) is 12.2 Å². The van der Waals surface area contributed by atoms with Gasteiger partial charge in [0.15, 0.2) is 5.03 Å². The lowest BCUT2D eigenvalue weighted by Gasteiger charge is -2.26. The highest BCUT2D eigenvalue weighted by atomic mass is 32.2. The van der Waals surface area contributed by atoms with E-state index in [2.05, 4.69) is 29.0 Å². The number of aryl methyl sites for hydroxylation is 1. The molecule has 0 unspecified atom stereocenters. The van der Waals surface area contributed by atoms with Crippen LogP contribution >= 0.6 is 0 Å². The number of anilines is 1. The number of carboxylic acids is 1. The van der Waals surface area contributed by atoms with Gasteiger partial charge in [-0.25, -0.2) is 23.2 Å². The third-order valence-corrected chi connectivity index (χ3v) is 8.25. The van der Waals surface area contributed by atoms with Crippen LogP contribution in [0.4, 0.5) is 10.6 Å². The lowest BCUT2D eigenvalue weighted by atomic mass is 10.0. The summed E-state index contributed by atoms with van der Waals surface area (Å²) in [7, 11) is -4.08. The summed E-state index contributed by atoms with van der Waals surface area (Å²) in [5.74, 6) is -1.24. The Morgan fingerprint density at radius 1 is 0.864 bits per heavy atom. The van der Waals surface area contributed by atoms with Gasteiger partial charge in [-0.1, -0.05) is 67.6 Å². The van der Waals surface area contributed by atoms with Crippen LogP contribution in [-0.2, 0) is 39.1 Å². The molecule has 0 atom stereocenters. The number of carboxylic acid groups (broad SMARTS) is 1. The van der Waals surface area contributed by atoms with Crippen molar-refractivity contribution in [2.24, 2.45) is 0 Å². The number of amides is 1. The highest BCUT2D eigenvalue weighted by molar-refractivity contribution is 7.89. The average Bonchev–Trinajstić information content (AvgIpc) is 2.99. The molecule has 0 spiro atoms. The molecule has 1 amide bonds. The Balaban J connectivity index is 1.66. The van der Waals surface area contributed by atoms with Crippen LogP contribution in [0.3, 0.4) is 0 Å². The summed E-state index contributed by atoms with van der Waals surface area (Å²) < 4.78 is 34.2. The first-order valence-corrected chi connectivity index (χ1v) is 15.6. The molecule has 2 heterocycles. The molecule has 0 aliphatic carbocycles. The molecule has 230 valence electrons. The quantitative estimate of drug-likeness (QED) is 0.220. The number of hydrogen-bond acceptors (Lipinski definition) is 7. The smallest absolute Gasteiger partial charge is 0.416 e. The minimum atomic E-state index is -4.08. The van der Waals surface area contributed by atoms with Gasteiger partial charge in [-0.15, -0.1) is 0 Å². The molecule has 4 rings (SSSR count). The van der Waals surface area contributed by atoms with Crippen LogP contribution in [0.15, 0.2) is 96.2 Å². The van der Waals surface area contributed by atoms with Gasteiger partial charge in [0.1, 0.15) is 18.0 Å². The van der Waals surface area contributed by atoms with Crippen LogP contribution < -0.4 is 4.90 Å². The molecule has 0 bridgehead atoms. The van der Waals surface area contributed by atoms with Gasteiger partial charge in [-0.3, -0.25) is 9.69 Å². The summed E-state index contributed by atoms with van der Waals surface area (Å²) in [5.41, 5.74) is 3.49. The van der Waals surface area contributed by atoms with Crippen molar-refractivity contribution in [1.82, 2.24) is 14.3 Å². The Bertz CT molecular complexity index is 1700. The van der Waals surface area contributed by atoms with Crippen molar-refractivity contribution in [2.45, 2.75) is 57.8 Å². The number of nitrogens with zero attached hydrogens (tertiary/aromatic N) is 4. The van der Waals surface area contributed by atoms with Crippen molar-refractivity contribution in [3.8, 4) is 11.1 Å². The Hall–Kier alpha value is -4.61. The SMILES string of the molecule is CCc1cccc(-c2ccc(CN(Cc3cccc(N(CC(=O)O)C(=O)OC(C)(C)C)n3)S(=O)(=O)c3ccccn3)cc2)c1. The van der Waals surface area contributed by atoms with E-state index >= 15 is 0 Å². The average molecular weight is 617 g/mol. The number of aliphatic carboxylic acids is 1. The number of pyridine rings is 2. The van der Waals surface area contributed by atoms with Gasteiger partial charge < -0.3 is 9.84 Å². The molecule has 0 aliphatic heterocycles. The molecule has 0 radical (unpaired) electrons. The number of aromatic nitrogens is 2. The molecule has 2 aromatic heterocycles. The Kier molecular flexibility index (Phi) is 10.1. The van der Waals surface area contributed by atoms with Crippen LogP contribution in [-0.4, -0.2) is 52.0 Å². The van der Waals surface area contributed by atoms with Crippen LogP contribution in [0.5, 0.6) is 0 Å². The van der Waals surface area contributed by atoms with Gasteiger partial charge in [0.2, 0.25) is 0 Å². The topological polar surface area (TPSA) is 130 Å². The van der Waals surface area contributed by atoms with E-state index in [9.17, 15) is 23.1 Å². The Morgan fingerprint density at radius 3 is 2.23 bits per heavy atom. The number of sulfonamides is 1. The summed E-state index contributed by atoms with van der Waals surface area (Å²) >= 11 is 0.